The molecule has 39 heavy (non-hydrogen) atoms. The summed E-state index contributed by atoms with van der Waals surface area (Å²) in [7, 11) is 1.50. The lowest BCUT2D eigenvalue weighted by molar-refractivity contribution is -0.137. The fourth-order valence-electron chi connectivity index (χ4n) is 4.26. The van der Waals surface area contributed by atoms with Crippen LogP contribution in [0.5, 0.6) is 5.75 Å². The summed E-state index contributed by atoms with van der Waals surface area (Å²) in [5.74, 6) is 6.05. The van der Waals surface area contributed by atoms with E-state index in [1.54, 1.807) is 12.1 Å². The van der Waals surface area contributed by atoms with E-state index in [0.29, 0.717) is 23.4 Å². The highest BCUT2D eigenvalue weighted by molar-refractivity contribution is 6.33. The van der Waals surface area contributed by atoms with Crippen molar-refractivity contribution < 1.29 is 22.7 Å². The zero-order valence-corrected chi connectivity index (χ0v) is 21.9. The van der Waals surface area contributed by atoms with Crippen molar-refractivity contribution in [3.05, 3.63) is 88.3 Å². The predicted molar refractivity (Wildman–Crippen MR) is 145 cm³/mol. The van der Waals surface area contributed by atoms with Gasteiger partial charge in [0.05, 0.1) is 35.3 Å². The molecule has 3 aromatic rings. The first-order valence-electron chi connectivity index (χ1n) is 12.1. The molecule has 2 aromatic carbocycles. The number of benzene rings is 2. The van der Waals surface area contributed by atoms with E-state index < -0.39 is 17.6 Å². The number of ether oxygens (including phenoxy) is 1. The molecule has 4 rings (SSSR count). The fraction of sp³-hybridized carbons (Fsp3) is 0.259. The maximum atomic E-state index is 13.6. The standard InChI is InChI=1S/C27H28ClF3N6O2/c1-39-22-10-19(13-34-14-22)24(32)16-37(33)25-11-18(4-5-23(25)28)26(38)35-21-9-17(15-36-6-2-3-7-36)8-20(12-21)27(29,30)31/h4-5,8-14,16H,2-3,6-7,15,32-33H2,1H3,(H,35,38)/b24-16-. The number of hydrazine groups is 1. The molecular weight excluding hydrogens is 533 g/mol. The third kappa shape index (κ3) is 7.20. The van der Waals surface area contributed by atoms with Crippen LogP contribution in [-0.2, 0) is 12.7 Å². The zero-order chi connectivity index (χ0) is 28.2. The van der Waals surface area contributed by atoms with E-state index in [4.69, 9.17) is 27.9 Å². The van der Waals surface area contributed by atoms with Gasteiger partial charge in [-0.1, -0.05) is 11.6 Å². The molecule has 0 bridgehead atoms. The maximum absolute atomic E-state index is 13.6. The molecule has 1 saturated heterocycles. The number of pyridine rings is 1. The summed E-state index contributed by atoms with van der Waals surface area (Å²) in [4.78, 5) is 19.2. The van der Waals surface area contributed by atoms with E-state index >= 15 is 0 Å². The van der Waals surface area contributed by atoms with Crippen LogP contribution in [0, 0.1) is 0 Å². The van der Waals surface area contributed by atoms with Crippen LogP contribution in [0.3, 0.4) is 0 Å². The predicted octanol–water partition coefficient (Wildman–Crippen LogP) is 5.25. The van der Waals surface area contributed by atoms with E-state index in [0.717, 1.165) is 43.1 Å². The third-order valence-corrected chi connectivity index (χ3v) is 6.55. The quantitative estimate of drug-likeness (QED) is 0.255. The zero-order valence-electron chi connectivity index (χ0n) is 21.1. The lowest BCUT2D eigenvalue weighted by Crippen LogP contribution is -2.26. The Kier molecular flexibility index (Phi) is 8.63. The minimum atomic E-state index is -4.56. The Bertz CT molecular complexity index is 1380. The second-order valence-corrected chi connectivity index (χ2v) is 9.53. The SMILES string of the molecule is COc1cncc(/C(N)=C/N(N)c2cc(C(=O)Nc3cc(CN4CCCC4)cc(C(F)(F)F)c3)ccc2Cl)c1. The van der Waals surface area contributed by atoms with E-state index in [1.165, 1.54) is 43.9 Å². The number of nitrogens with zero attached hydrogens (tertiary/aromatic N) is 3. The number of carbonyl (C=O) groups is 1. The van der Waals surface area contributed by atoms with Crippen LogP contribution in [-0.4, -0.2) is 36.0 Å². The van der Waals surface area contributed by atoms with Crippen molar-refractivity contribution in [1.82, 2.24) is 9.88 Å². The number of rotatable bonds is 8. The fourth-order valence-corrected chi connectivity index (χ4v) is 4.47. The Labute approximate surface area is 229 Å². The Morgan fingerprint density at radius 3 is 2.59 bits per heavy atom. The Morgan fingerprint density at radius 2 is 1.90 bits per heavy atom. The molecule has 1 fully saturated rings. The van der Waals surface area contributed by atoms with Gasteiger partial charge in [0, 0.05) is 35.8 Å². The van der Waals surface area contributed by atoms with Crippen LogP contribution in [0.2, 0.25) is 5.02 Å². The van der Waals surface area contributed by atoms with Gasteiger partial charge in [0.15, 0.2) is 0 Å². The van der Waals surface area contributed by atoms with Gasteiger partial charge in [0.1, 0.15) is 5.75 Å². The molecule has 0 atom stereocenters. The van der Waals surface area contributed by atoms with Gasteiger partial charge in [-0.25, -0.2) is 5.84 Å². The van der Waals surface area contributed by atoms with Gasteiger partial charge < -0.3 is 15.8 Å². The second kappa shape index (κ2) is 11.9. The summed E-state index contributed by atoms with van der Waals surface area (Å²) in [6, 6.07) is 9.61. The largest absolute Gasteiger partial charge is 0.495 e. The third-order valence-electron chi connectivity index (χ3n) is 6.23. The molecule has 1 aromatic heterocycles. The van der Waals surface area contributed by atoms with Crippen LogP contribution < -0.4 is 26.6 Å². The van der Waals surface area contributed by atoms with Crippen molar-refractivity contribution >= 4 is 34.6 Å². The number of amides is 1. The number of hydrogen-bond acceptors (Lipinski definition) is 7. The summed E-state index contributed by atoms with van der Waals surface area (Å²) in [6.45, 7) is 2.03. The number of hydrogen-bond donors (Lipinski definition) is 3. The first-order chi connectivity index (χ1) is 18.5. The first kappa shape index (κ1) is 28.2. The van der Waals surface area contributed by atoms with Crippen LogP contribution >= 0.6 is 11.6 Å². The van der Waals surface area contributed by atoms with E-state index in [1.807, 2.05) is 0 Å². The van der Waals surface area contributed by atoms with E-state index in [-0.39, 0.29) is 27.7 Å². The van der Waals surface area contributed by atoms with Gasteiger partial charge >= 0.3 is 6.18 Å². The molecule has 0 unspecified atom stereocenters. The van der Waals surface area contributed by atoms with E-state index in [9.17, 15) is 18.0 Å². The number of anilines is 2. The minimum absolute atomic E-state index is 0.0415. The molecule has 0 radical (unpaired) electrons. The van der Waals surface area contributed by atoms with Crippen molar-refractivity contribution in [2.24, 2.45) is 11.6 Å². The molecule has 206 valence electrons. The summed E-state index contributed by atoms with van der Waals surface area (Å²) < 4.78 is 45.9. The van der Waals surface area contributed by atoms with Crippen molar-refractivity contribution in [3.63, 3.8) is 0 Å². The molecule has 12 heteroatoms. The minimum Gasteiger partial charge on any atom is -0.495 e. The summed E-state index contributed by atoms with van der Waals surface area (Å²) >= 11 is 6.32. The van der Waals surface area contributed by atoms with Gasteiger partial charge in [-0.15, -0.1) is 0 Å². The van der Waals surface area contributed by atoms with Crippen LogP contribution in [0.4, 0.5) is 24.5 Å². The van der Waals surface area contributed by atoms with Crippen molar-refractivity contribution in [2.75, 3.05) is 30.5 Å². The van der Waals surface area contributed by atoms with E-state index in [2.05, 4.69) is 15.2 Å². The molecule has 1 aliphatic rings. The highest BCUT2D eigenvalue weighted by atomic mass is 35.5. The monoisotopic (exact) mass is 560 g/mol. The number of aromatic nitrogens is 1. The number of likely N-dealkylation sites (tertiary alicyclic amines) is 1. The number of nitrogens with one attached hydrogen (secondary N) is 1. The molecule has 1 aliphatic heterocycles. The number of nitrogens with two attached hydrogens (primary N) is 2. The number of methoxy groups -OCH3 is 1. The second-order valence-electron chi connectivity index (χ2n) is 9.13. The average Bonchev–Trinajstić information content (AvgIpc) is 3.41. The Morgan fingerprint density at radius 1 is 1.15 bits per heavy atom. The number of halogens is 4. The maximum Gasteiger partial charge on any atom is 0.416 e. The normalized spacial score (nSPS) is 14.4. The highest BCUT2D eigenvalue weighted by Crippen LogP contribution is 2.33. The highest BCUT2D eigenvalue weighted by Gasteiger charge is 2.31. The van der Waals surface area contributed by atoms with Gasteiger partial charge in [-0.05, 0) is 74.0 Å². The van der Waals surface area contributed by atoms with Gasteiger partial charge in [-0.3, -0.25) is 19.7 Å². The Hall–Kier alpha value is -3.80. The molecule has 0 saturated carbocycles. The lowest BCUT2D eigenvalue weighted by atomic mass is 10.1. The first-order valence-corrected chi connectivity index (χ1v) is 12.5. The average molecular weight is 561 g/mol. The van der Waals surface area contributed by atoms with Gasteiger partial charge in [-0.2, -0.15) is 13.2 Å². The lowest BCUT2D eigenvalue weighted by Gasteiger charge is -2.19. The molecular formula is C27H28ClF3N6O2. The topological polar surface area (TPSA) is 110 Å². The van der Waals surface area contributed by atoms with Crippen LogP contribution in [0.25, 0.3) is 5.70 Å². The molecule has 0 aliphatic carbocycles. The number of carbonyl (C=O) groups excluding carboxylic acids is 1. The molecule has 5 N–H and O–H groups in total. The van der Waals surface area contributed by atoms with Crippen LogP contribution in [0.15, 0.2) is 61.1 Å². The van der Waals surface area contributed by atoms with Gasteiger partial charge in [0.25, 0.3) is 5.91 Å². The summed E-state index contributed by atoms with van der Waals surface area (Å²) in [6.07, 6.45) is 1.92. The van der Waals surface area contributed by atoms with Gasteiger partial charge in [0.2, 0.25) is 0 Å². The van der Waals surface area contributed by atoms with Crippen molar-refractivity contribution in [3.8, 4) is 5.75 Å². The Balaban J connectivity index is 1.57. The summed E-state index contributed by atoms with van der Waals surface area (Å²) in [5.41, 5.74) is 7.03. The molecule has 8 nitrogen and oxygen atoms in total. The van der Waals surface area contributed by atoms with Crippen molar-refractivity contribution in [2.45, 2.75) is 25.6 Å². The van der Waals surface area contributed by atoms with Crippen LogP contribution in [0.1, 0.15) is 39.9 Å². The smallest absolute Gasteiger partial charge is 0.416 e. The molecule has 1 amide bonds. The van der Waals surface area contributed by atoms with Crippen molar-refractivity contribution in [1.29, 1.82) is 0 Å². The summed E-state index contributed by atoms with van der Waals surface area (Å²) in [5, 5.41) is 3.95. The molecule has 2 heterocycles. The molecule has 0 spiro atoms. The number of alkyl halides is 3.